The first-order valence-electron chi connectivity index (χ1n) is 5.53. The minimum Gasteiger partial charge on any atom is -0.315 e. The van der Waals surface area contributed by atoms with E-state index in [-0.39, 0.29) is 0 Å². The zero-order valence-electron chi connectivity index (χ0n) is 9.60. The van der Waals surface area contributed by atoms with Gasteiger partial charge in [-0.1, -0.05) is 52.3 Å². The number of rotatable bonds is 6. The van der Waals surface area contributed by atoms with E-state index in [2.05, 4.69) is 22.0 Å². The van der Waals surface area contributed by atoms with Gasteiger partial charge in [-0.25, -0.2) is 0 Å². The molecule has 0 saturated heterocycles. The zero-order chi connectivity index (χ0) is 11.9. The molecule has 1 rings (SSSR count). The predicted molar refractivity (Wildman–Crippen MR) is 76.4 cm³/mol. The smallest absolute Gasteiger partial charge is 0.133 e. The molecule has 0 aromatic heterocycles. The maximum absolute atomic E-state index is 12.4. The van der Waals surface area contributed by atoms with Crippen LogP contribution in [-0.4, -0.2) is 12.0 Å². The second-order valence-corrected chi connectivity index (χ2v) is 7.48. The predicted octanol–water partition coefficient (Wildman–Crippen LogP) is 4.38. The minimum absolute atomic E-state index is 0.937. The Hall–Kier alpha value is -0.330. The Morgan fingerprint density at radius 2 is 1.94 bits per heavy atom. The summed E-state index contributed by atoms with van der Waals surface area (Å²) in [4.78, 5) is 0. The Labute approximate surface area is 106 Å². The molecule has 1 atom stereocenters. The molecular weight excluding hydrogens is 283 g/mol. The van der Waals surface area contributed by atoms with Gasteiger partial charge in [0.15, 0.2) is 0 Å². The average Bonchev–Trinajstić information content (AvgIpc) is 2.30. The summed E-state index contributed by atoms with van der Waals surface area (Å²) in [6.07, 6.45) is 5.38. The van der Waals surface area contributed by atoms with E-state index in [1.165, 1.54) is 6.42 Å². The Morgan fingerprint density at radius 1 is 1.25 bits per heavy atom. The number of hydrogen-bond donors (Lipinski definition) is 0. The summed E-state index contributed by atoms with van der Waals surface area (Å²) in [5.74, 6) is 1.89. The largest absolute Gasteiger partial charge is 0.315 e. The highest BCUT2D eigenvalue weighted by atomic mass is 79.9. The summed E-state index contributed by atoms with van der Waals surface area (Å²) in [6, 6.07) is 9.69. The van der Waals surface area contributed by atoms with E-state index in [0.717, 1.165) is 23.5 Å². The van der Waals surface area contributed by atoms with E-state index in [9.17, 15) is 4.57 Å². The standard InChI is InChI=1S/C13H18BrOP/c1-16(15,12-8-3-2-7-11-14)13-9-5-4-6-10-13/h4-6,8-10,12H,2-3,7,11H2,1H3/b12-8+. The number of alkyl halides is 1. The molecular formula is C13H18BrOP. The SMILES string of the molecule is CP(=O)(/C=C/CCCCBr)c1ccccc1. The fraction of sp³-hybridized carbons (Fsp3) is 0.385. The second kappa shape index (κ2) is 7.09. The van der Waals surface area contributed by atoms with Gasteiger partial charge in [0.05, 0.1) is 0 Å². The number of hydrogen-bond acceptors (Lipinski definition) is 1. The number of allylic oxidation sites excluding steroid dienone is 1. The van der Waals surface area contributed by atoms with E-state index in [1.54, 1.807) is 0 Å². The molecule has 0 amide bonds. The van der Waals surface area contributed by atoms with Crippen molar-refractivity contribution in [3.05, 3.63) is 42.2 Å². The molecule has 0 spiro atoms. The fourth-order valence-electron chi connectivity index (χ4n) is 1.44. The first-order chi connectivity index (χ1) is 7.67. The Bertz CT molecular complexity index is 373. The lowest BCUT2D eigenvalue weighted by molar-refractivity contribution is 0.590. The van der Waals surface area contributed by atoms with Gasteiger partial charge in [-0.3, -0.25) is 0 Å². The van der Waals surface area contributed by atoms with E-state index in [1.807, 2.05) is 42.8 Å². The first kappa shape index (κ1) is 13.7. The van der Waals surface area contributed by atoms with Crippen molar-refractivity contribution < 1.29 is 4.57 Å². The van der Waals surface area contributed by atoms with Crippen LogP contribution in [0.5, 0.6) is 0 Å². The summed E-state index contributed by atoms with van der Waals surface area (Å²) >= 11 is 3.40. The highest BCUT2D eigenvalue weighted by Crippen LogP contribution is 2.41. The Kier molecular flexibility index (Phi) is 6.08. The van der Waals surface area contributed by atoms with Crippen LogP contribution in [0.4, 0.5) is 0 Å². The second-order valence-electron chi connectivity index (χ2n) is 3.90. The van der Waals surface area contributed by atoms with Crippen LogP contribution in [0.25, 0.3) is 0 Å². The van der Waals surface area contributed by atoms with Crippen molar-refractivity contribution in [2.75, 3.05) is 12.0 Å². The Balaban J connectivity index is 2.55. The molecule has 0 saturated carbocycles. The Morgan fingerprint density at radius 3 is 2.56 bits per heavy atom. The summed E-state index contributed by atoms with van der Waals surface area (Å²) in [7, 11) is -2.29. The molecule has 0 aliphatic carbocycles. The van der Waals surface area contributed by atoms with Crippen LogP contribution in [0.3, 0.4) is 0 Å². The van der Waals surface area contributed by atoms with Gasteiger partial charge in [0.2, 0.25) is 0 Å². The molecule has 0 fully saturated rings. The lowest BCUT2D eigenvalue weighted by Gasteiger charge is -2.07. The quantitative estimate of drug-likeness (QED) is 0.433. The van der Waals surface area contributed by atoms with Crippen LogP contribution < -0.4 is 5.30 Å². The lowest BCUT2D eigenvalue weighted by atomic mass is 10.2. The van der Waals surface area contributed by atoms with E-state index < -0.39 is 7.14 Å². The third kappa shape index (κ3) is 4.67. The number of halogens is 1. The van der Waals surface area contributed by atoms with Crippen molar-refractivity contribution in [3.8, 4) is 0 Å². The lowest BCUT2D eigenvalue weighted by Crippen LogP contribution is -1.99. The van der Waals surface area contributed by atoms with Gasteiger partial charge in [0.1, 0.15) is 7.14 Å². The molecule has 0 aliphatic rings. The van der Waals surface area contributed by atoms with Gasteiger partial charge >= 0.3 is 0 Å². The van der Waals surface area contributed by atoms with E-state index in [0.29, 0.717) is 0 Å². The maximum atomic E-state index is 12.4. The molecule has 1 aromatic carbocycles. The molecule has 1 aromatic rings. The first-order valence-corrected chi connectivity index (χ1v) is 8.88. The normalized spacial score (nSPS) is 15.1. The van der Waals surface area contributed by atoms with Crippen LogP contribution >= 0.6 is 23.1 Å². The highest BCUT2D eigenvalue weighted by molar-refractivity contribution is 9.09. The molecule has 0 bridgehead atoms. The topological polar surface area (TPSA) is 17.1 Å². The molecule has 0 radical (unpaired) electrons. The highest BCUT2D eigenvalue weighted by Gasteiger charge is 2.12. The van der Waals surface area contributed by atoms with Crippen molar-refractivity contribution in [3.63, 3.8) is 0 Å². The van der Waals surface area contributed by atoms with Crippen molar-refractivity contribution in [1.29, 1.82) is 0 Å². The van der Waals surface area contributed by atoms with Gasteiger partial charge in [-0.05, 0) is 31.7 Å². The van der Waals surface area contributed by atoms with Gasteiger partial charge in [-0.2, -0.15) is 0 Å². The summed E-state index contributed by atoms with van der Waals surface area (Å²) in [6.45, 7) is 1.82. The molecule has 0 aliphatic heterocycles. The fourth-order valence-corrected chi connectivity index (χ4v) is 3.33. The molecule has 0 N–H and O–H groups in total. The maximum Gasteiger partial charge on any atom is 0.133 e. The van der Waals surface area contributed by atoms with Crippen LogP contribution in [0, 0.1) is 0 Å². The molecule has 1 nitrogen and oxygen atoms in total. The van der Waals surface area contributed by atoms with E-state index >= 15 is 0 Å². The third-order valence-corrected chi connectivity index (χ3v) is 5.08. The number of unbranched alkanes of at least 4 members (excludes halogenated alkanes) is 2. The van der Waals surface area contributed by atoms with Gasteiger partial charge in [0, 0.05) is 10.6 Å². The van der Waals surface area contributed by atoms with Gasteiger partial charge in [0.25, 0.3) is 0 Å². The van der Waals surface area contributed by atoms with Gasteiger partial charge < -0.3 is 4.57 Å². The average molecular weight is 301 g/mol. The molecule has 16 heavy (non-hydrogen) atoms. The van der Waals surface area contributed by atoms with Crippen molar-refractivity contribution in [2.45, 2.75) is 19.3 Å². The van der Waals surface area contributed by atoms with Crippen LogP contribution in [0.15, 0.2) is 42.2 Å². The summed E-state index contributed by atoms with van der Waals surface area (Å²) in [5, 5.41) is 1.98. The third-order valence-electron chi connectivity index (χ3n) is 2.41. The summed E-state index contributed by atoms with van der Waals surface area (Å²) in [5.41, 5.74) is 0. The van der Waals surface area contributed by atoms with E-state index in [4.69, 9.17) is 0 Å². The molecule has 3 heteroatoms. The van der Waals surface area contributed by atoms with Crippen LogP contribution in [0.2, 0.25) is 0 Å². The molecule has 88 valence electrons. The minimum atomic E-state index is -2.29. The molecule has 1 unspecified atom stereocenters. The number of benzene rings is 1. The zero-order valence-corrected chi connectivity index (χ0v) is 12.1. The van der Waals surface area contributed by atoms with Crippen molar-refractivity contribution in [2.24, 2.45) is 0 Å². The monoisotopic (exact) mass is 300 g/mol. The van der Waals surface area contributed by atoms with Crippen molar-refractivity contribution in [1.82, 2.24) is 0 Å². The molecule has 0 heterocycles. The van der Waals surface area contributed by atoms with Gasteiger partial charge in [-0.15, -0.1) is 0 Å². The van der Waals surface area contributed by atoms with Crippen molar-refractivity contribution >= 4 is 28.4 Å². The van der Waals surface area contributed by atoms with Crippen LogP contribution in [0.1, 0.15) is 19.3 Å². The summed E-state index contributed by atoms with van der Waals surface area (Å²) < 4.78 is 12.4. The van der Waals surface area contributed by atoms with Crippen LogP contribution in [-0.2, 0) is 4.57 Å².